The first kappa shape index (κ1) is 23.9. The van der Waals surface area contributed by atoms with Crippen molar-refractivity contribution in [2.24, 2.45) is 0 Å². The largest absolute Gasteiger partial charge is 0.352 e. The molecular formula is C26H35N3O3S. The molecular weight excluding hydrogens is 434 g/mol. The number of likely N-dealkylation sites (tertiary alicyclic amines) is 1. The van der Waals surface area contributed by atoms with Crippen molar-refractivity contribution in [1.29, 1.82) is 0 Å². The SMILES string of the molecule is O=C(CCc1ccc(S(=O)(=O)NC2CC2)cc1)NCc1cccc(CN2CCCCCC2)c1. The monoisotopic (exact) mass is 469 g/mol. The molecule has 33 heavy (non-hydrogen) atoms. The van der Waals surface area contributed by atoms with E-state index >= 15 is 0 Å². The van der Waals surface area contributed by atoms with Gasteiger partial charge in [-0.05, 0) is 74.0 Å². The average Bonchev–Trinajstić information content (AvgIpc) is 3.64. The quantitative estimate of drug-likeness (QED) is 0.556. The Kier molecular flexibility index (Phi) is 8.17. The summed E-state index contributed by atoms with van der Waals surface area (Å²) in [5.74, 6) is 0.0000179. The van der Waals surface area contributed by atoms with Crippen LogP contribution in [0.4, 0.5) is 0 Å². The summed E-state index contributed by atoms with van der Waals surface area (Å²) in [6, 6.07) is 15.4. The molecule has 2 N–H and O–H groups in total. The van der Waals surface area contributed by atoms with Gasteiger partial charge in [-0.15, -0.1) is 0 Å². The van der Waals surface area contributed by atoms with Crippen LogP contribution >= 0.6 is 0 Å². The van der Waals surface area contributed by atoms with Gasteiger partial charge in [-0.1, -0.05) is 49.2 Å². The molecule has 2 aliphatic rings. The minimum Gasteiger partial charge on any atom is -0.352 e. The Hall–Kier alpha value is -2.22. The van der Waals surface area contributed by atoms with Gasteiger partial charge in [0.1, 0.15) is 0 Å². The summed E-state index contributed by atoms with van der Waals surface area (Å²) in [5.41, 5.74) is 3.37. The number of rotatable bonds is 10. The number of carbonyl (C=O) groups excluding carboxylic acids is 1. The fourth-order valence-electron chi connectivity index (χ4n) is 4.26. The highest BCUT2D eigenvalue weighted by Gasteiger charge is 2.27. The van der Waals surface area contributed by atoms with Gasteiger partial charge >= 0.3 is 0 Å². The fourth-order valence-corrected chi connectivity index (χ4v) is 5.57. The molecule has 1 saturated carbocycles. The lowest BCUT2D eigenvalue weighted by Crippen LogP contribution is -2.25. The third-order valence-electron chi connectivity index (χ3n) is 6.36. The van der Waals surface area contributed by atoms with Crippen LogP contribution in [0.5, 0.6) is 0 Å². The van der Waals surface area contributed by atoms with Crippen molar-refractivity contribution in [1.82, 2.24) is 14.9 Å². The van der Waals surface area contributed by atoms with Gasteiger partial charge in [0.25, 0.3) is 0 Å². The molecule has 1 saturated heterocycles. The van der Waals surface area contributed by atoms with Crippen LogP contribution in [0.3, 0.4) is 0 Å². The maximum Gasteiger partial charge on any atom is 0.240 e. The van der Waals surface area contributed by atoms with Gasteiger partial charge in [-0.3, -0.25) is 9.69 Å². The topological polar surface area (TPSA) is 78.5 Å². The third kappa shape index (κ3) is 7.66. The number of benzene rings is 2. The molecule has 178 valence electrons. The van der Waals surface area contributed by atoms with E-state index in [1.807, 2.05) is 0 Å². The Balaban J connectivity index is 1.21. The molecule has 1 amide bonds. The molecule has 4 rings (SSSR count). The molecule has 0 aromatic heterocycles. The van der Waals surface area contributed by atoms with Crippen LogP contribution in [0, 0.1) is 0 Å². The Bertz CT molecular complexity index is 1030. The van der Waals surface area contributed by atoms with Gasteiger partial charge in [0.2, 0.25) is 15.9 Å². The highest BCUT2D eigenvalue weighted by molar-refractivity contribution is 7.89. The average molecular weight is 470 g/mol. The predicted molar refractivity (Wildman–Crippen MR) is 130 cm³/mol. The first-order valence-electron chi connectivity index (χ1n) is 12.2. The minimum absolute atomic E-state index is 0.0000179. The molecule has 0 spiro atoms. The second-order valence-electron chi connectivity index (χ2n) is 9.33. The molecule has 2 aromatic rings. The highest BCUT2D eigenvalue weighted by Crippen LogP contribution is 2.22. The minimum atomic E-state index is -3.43. The Morgan fingerprint density at radius 2 is 1.61 bits per heavy atom. The molecule has 0 bridgehead atoms. The molecule has 2 aromatic carbocycles. The molecule has 2 fully saturated rings. The van der Waals surface area contributed by atoms with Crippen molar-refractivity contribution in [3.63, 3.8) is 0 Å². The predicted octanol–water partition coefficient (Wildman–Crippen LogP) is 3.75. The van der Waals surface area contributed by atoms with Gasteiger partial charge in [0.15, 0.2) is 0 Å². The zero-order chi connectivity index (χ0) is 23.1. The van der Waals surface area contributed by atoms with Crippen LogP contribution in [0.15, 0.2) is 53.4 Å². The number of aryl methyl sites for hydroxylation is 1. The molecule has 0 atom stereocenters. The van der Waals surface area contributed by atoms with Crippen LogP contribution in [-0.4, -0.2) is 38.4 Å². The fraction of sp³-hybridized carbons (Fsp3) is 0.500. The number of hydrogen-bond donors (Lipinski definition) is 2. The summed E-state index contributed by atoms with van der Waals surface area (Å²) in [5, 5.41) is 3.02. The van der Waals surface area contributed by atoms with E-state index in [9.17, 15) is 13.2 Å². The van der Waals surface area contributed by atoms with Crippen molar-refractivity contribution in [3.05, 3.63) is 65.2 Å². The van der Waals surface area contributed by atoms with Crippen LogP contribution in [0.25, 0.3) is 0 Å². The number of carbonyl (C=O) groups is 1. The Morgan fingerprint density at radius 1 is 0.909 bits per heavy atom. The lowest BCUT2D eigenvalue weighted by molar-refractivity contribution is -0.121. The van der Waals surface area contributed by atoms with Crippen LogP contribution in [-0.2, 0) is 34.3 Å². The first-order chi connectivity index (χ1) is 16.0. The Morgan fingerprint density at radius 3 is 2.30 bits per heavy atom. The lowest BCUT2D eigenvalue weighted by Gasteiger charge is -2.20. The normalized spacial score (nSPS) is 17.5. The van der Waals surface area contributed by atoms with Gasteiger partial charge in [-0.25, -0.2) is 13.1 Å². The molecule has 7 heteroatoms. The number of nitrogens with zero attached hydrogens (tertiary/aromatic N) is 1. The molecule has 1 aliphatic heterocycles. The number of nitrogens with one attached hydrogen (secondary N) is 2. The van der Waals surface area contributed by atoms with E-state index in [0.29, 0.717) is 19.4 Å². The number of hydrogen-bond acceptors (Lipinski definition) is 4. The van der Waals surface area contributed by atoms with Crippen LogP contribution in [0.1, 0.15) is 61.6 Å². The second-order valence-corrected chi connectivity index (χ2v) is 11.0. The maximum absolute atomic E-state index is 12.4. The summed E-state index contributed by atoms with van der Waals surface area (Å²) in [6.07, 6.45) is 8.02. The smallest absolute Gasteiger partial charge is 0.240 e. The Labute approximate surface area is 197 Å². The van der Waals surface area contributed by atoms with Crippen molar-refractivity contribution in [2.45, 2.75) is 75.4 Å². The summed E-state index contributed by atoms with van der Waals surface area (Å²) < 4.78 is 27.2. The molecule has 6 nitrogen and oxygen atoms in total. The molecule has 1 heterocycles. The van der Waals surface area contributed by atoms with E-state index in [0.717, 1.165) is 30.5 Å². The maximum atomic E-state index is 12.4. The summed E-state index contributed by atoms with van der Waals surface area (Å²) in [7, 11) is -3.43. The van der Waals surface area contributed by atoms with Gasteiger partial charge in [0.05, 0.1) is 4.90 Å². The van der Waals surface area contributed by atoms with E-state index in [1.165, 1.54) is 44.3 Å². The van der Waals surface area contributed by atoms with Crippen molar-refractivity contribution >= 4 is 15.9 Å². The zero-order valence-corrected chi connectivity index (χ0v) is 20.1. The van der Waals surface area contributed by atoms with E-state index in [2.05, 4.69) is 39.2 Å². The van der Waals surface area contributed by atoms with Crippen molar-refractivity contribution in [2.75, 3.05) is 13.1 Å². The lowest BCUT2D eigenvalue weighted by atomic mass is 10.1. The molecule has 0 radical (unpaired) electrons. The van der Waals surface area contributed by atoms with Gasteiger partial charge in [-0.2, -0.15) is 0 Å². The molecule has 1 aliphatic carbocycles. The first-order valence-corrected chi connectivity index (χ1v) is 13.6. The second kappa shape index (κ2) is 11.3. The standard InChI is InChI=1S/C26H35N3O3S/c30-26(15-10-21-8-13-25(14-9-21)33(31,32)28-24-11-12-24)27-19-22-6-5-7-23(18-22)20-29-16-3-1-2-4-17-29/h5-9,13-14,18,24,28H,1-4,10-12,15-17,19-20H2,(H,27,30). The van der Waals surface area contributed by atoms with E-state index in [4.69, 9.17) is 0 Å². The van der Waals surface area contributed by atoms with E-state index < -0.39 is 10.0 Å². The van der Waals surface area contributed by atoms with Crippen molar-refractivity contribution < 1.29 is 13.2 Å². The van der Waals surface area contributed by atoms with Gasteiger partial charge in [0, 0.05) is 25.6 Å². The summed E-state index contributed by atoms with van der Waals surface area (Å²) >= 11 is 0. The van der Waals surface area contributed by atoms with E-state index in [1.54, 1.807) is 24.3 Å². The summed E-state index contributed by atoms with van der Waals surface area (Å²) in [4.78, 5) is 15.2. The molecule has 0 unspecified atom stereocenters. The number of amides is 1. The van der Waals surface area contributed by atoms with Gasteiger partial charge < -0.3 is 5.32 Å². The number of sulfonamides is 1. The summed E-state index contributed by atoms with van der Waals surface area (Å²) in [6.45, 7) is 3.84. The zero-order valence-electron chi connectivity index (χ0n) is 19.3. The van der Waals surface area contributed by atoms with Crippen LogP contribution < -0.4 is 10.0 Å². The third-order valence-corrected chi connectivity index (χ3v) is 7.90. The van der Waals surface area contributed by atoms with E-state index in [-0.39, 0.29) is 16.8 Å². The van der Waals surface area contributed by atoms with Crippen molar-refractivity contribution in [3.8, 4) is 0 Å². The van der Waals surface area contributed by atoms with Crippen LogP contribution in [0.2, 0.25) is 0 Å². The highest BCUT2D eigenvalue weighted by atomic mass is 32.2.